The van der Waals surface area contributed by atoms with Crippen LogP contribution in [0.15, 0.2) is 12.4 Å². The Morgan fingerprint density at radius 2 is 2.04 bits per heavy atom. The maximum absolute atomic E-state index is 13.2. The van der Waals surface area contributed by atoms with Gasteiger partial charge in [0.1, 0.15) is 5.69 Å². The fourth-order valence-corrected chi connectivity index (χ4v) is 3.87. The first kappa shape index (κ1) is 17.5. The molecule has 0 bridgehead atoms. The van der Waals surface area contributed by atoms with Gasteiger partial charge in [0.2, 0.25) is 0 Å². The standard InChI is InChI=1S/C19H25N7O/c1-11(2)26-15-6-9-25(19(27)16-12(3)22-24(5)13(16)4)10-14(15)17(23-26)18-20-7-8-21-18/h7-8,11H,6,9-10H2,1-5H3,(H,20,21). The second kappa shape index (κ2) is 6.37. The van der Waals surface area contributed by atoms with Crippen LogP contribution in [0.5, 0.6) is 0 Å². The van der Waals surface area contributed by atoms with Crippen LogP contribution in [0.4, 0.5) is 0 Å². The number of hydrogen-bond donors (Lipinski definition) is 1. The zero-order valence-electron chi connectivity index (χ0n) is 16.4. The Kier molecular flexibility index (Phi) is 4.13. The Morgan fingerprint density at radius 3 is 2.63 bits per heavy atom. The van der Waals surface area contributed by atoms with Crippen molar-refractivity contribution in [1.29, 1.82) is 0 Å². The summed E-state index contributed by atoms with van der Waals surface area (Å²) in [7, 11) is 1.87. The normalized spacial score (nSPS) is 14.1. The number of rotatable bonds is 3. The van der Waals surface area contributed by atoms with Crippen molar-refractivity contribution in [2.24, 2.45) is 7.05 Å². The van der Waals surface area contributed by atoms with Gasteiger partial charge in [-0.05, 0) is 27.7 Å². The van der Waals surface area contributed by atoms with Gasteiger partial charge < -0.3 is 9.88 Å². The van der Waals surface area contributed by atoms with E-state index in [1.54, 1.807) is 17.1 Å². The van der Waals surface area contributed by atoms with Crippen molar-refractivity contribution in [2.45, 2.75) is 46.7 Å². The predicted octanol–water partition coefficient (Wildman–Crippen LogP) is 2.40. The average molecular weight is 367 g/mol. The highest BCUT2D eigenvalue weighted by Gasteiger charge is 2.31. The number of nitrogens with zero attached hydrogens (tertiary/aromatic N) is 6. The number of carbonyl (C=O) groups excluding carboxylic acids is 1. The molecule has 1 aliphatic rings. The molecule has 0 atom stereocenters. The maximum Gasteiger partial charge on any atom is 0.257 e. The Hall–Kier alpha value is -2.90. The molecule has 8 nitrogen and oxygen atoms in total. The van der Waals surface area contributed by atoms with Crippen LogP contribution < -0.4 is 0 Å². The fourth-order valence-electron chi connectivity index (χ4n) is 3.87. The maximum atomic E-state index is 13.2. The average Bonchev–Trinajstić information content (AvgIpc) is 3.33. The van der Waals surface area contributed by atoms with Gasteiger partial charge in [0.05, 0.1) is 17.8 Å². The zero-order chi connectivity index (χ0) is 19.3. The third-order valence-electron chi connectivity index (χ3n) is 5.31. The first-order valence-electron chi connectivity index (χ1n) is 9.28. The van der Waals surface area contributed by atoms with E-state index in [1.807, 2.05) is 25.8 Å². The van der Waals surface area contributed by atoms with E-state index in [1.165, 1.54) is 5.69 Å². The second-order valence-corrected chi connectivity index (χ2v) is 7.40. The van der Waals surface area contributed by atoms with Crippen molar-refractivity contribution in [2.75, 3.05) is 6.54 Å². The molecule has 3 aromatic rings. The van der Waals surface area contributed by atoms with E-state index < -0.39 is 0 Å². The molecule has 142 valence electrons. The molecule has 1 amide bonds. The summed E-state index contributed by atoms with van der Waals surface area (Å²) in [5, 5.41) is 9.20. The molecular weight excluding hydrogens is 342 g/mol. The lowest BCUT2D eigenvalue weighted by Gasteiger charge is -2.28. The Bertz CT molecular complexity index is 994. The molecule has 0 aliphatic carbocycles. The number of amides is 1. The minimum absolute atomic E-state index is 0.0337. The lowest BCUT2D eigenvalue weighted by atomic mass is 10.0. The molecule has 0 saturated heterocycles. The monoisotopic (exact) mass is 367 g/mol. The van der Waals surface area contributed by atoms with Crippen LogP contribution in [0.1, 0.15) is 52.9 Å². The van der Waals surface area contributed by atoms with Gasteiger partial charge in [-0.3, -0.25) is 14.2 Å². The summed E-state index contributed by atoms with van der Waals surface area (Å²) in [6.07, 6.45) is 4.31. The smallest absolute Gasteiger partial charge is 0.257 e. The van der Waals surface area contributed by atoms with Gasteiger partial charge in [0.15, 0.2) is 5.82 Å². The number of imidazole rings is 1. The van der Waals surface area contributed by atoms with Gasteiger partial charge in [-0.15, -0.1) is 0 Å². The van der Waals surface area contributed by atoms with Crippen molar-refractivity contribution in [1.82, 2.24) is 34.4 Å². The summed E-state index contributed by atoms with van der Waals surface area (Å²) in [5.41, 5.74) is 5.48. The van der Waals surface area contributed by atoms with Crippen LogP contribution in [0.25, 0.3) is 11.5 Å². The lowest BCUT2D eigenvalue weighted by molar-refractivity contribution is 0.0731. The first-order valence-corrected chi connectivity index (χ1v) is 9.28. The van der Waals surface area contributed by atoms with Crippen LogP contribution >= 0.6 is 0 Å². The van der Waals surface area contributed by atoms with Crippen LogP contribution in [0.3, 0.4) is 0 Å². The molecular formula is C19H25N7O. The molecule has 0 radical (unpaired) electrons. The highest BCUT2D eigenvalue weighted by molar-refractivity contribution is 5.96. The molecule has 0 aromatic carbocycles. The molecule has 8 heteroatoms. The van der Waals surface area contributed by atoms with E-state index >= 15 is 0 Å². The SMILES string of the molecule is Cc1nn(C)c(C)c1C(=O)N1CCc2c(c(-c3ncc[nH]3)nn2C(C)C)C1. The number of H-pyrrole nitrogens is 1. The fraction of sp³-hybridized carbons (Fsp3) is 0.474. The Morgan fingerprint density at radius 1 is 1.26 bits per heavy atom. The molecule has 0 fully saturated rings. The molecule has 4 rings (SSSR count). The van der Waals surface area contributed by atoms with Crippen molar-refractivity contribution in [3.8, 4) is 11.5 Å². The minimum atomic E-state index is 0.0337. The first-order chi connectivity index (χ1) is 12.9. The van der Waals surface area contributed by atoms with Crippen LogP contribution in [-0.2, 0) is 20.0 Å². The molecule has 0 saturated carbocycles. The molecule has 1 N–H and O–H groups in total. The summed E-state index contributed by atoms with van der Waals surface area (Å²) >= 11 is 0. The van der Waals surface area contributed by atoms with Gasteiger partial charge in [-0.1, -0.05) is 0 Å². The van der Waals surface area contributed by atoms with Gasteiger partial charge in [0, 0.05) is 55.4 Å². The number of aryl methyl sites for hydroxylation is 2. The van der Waals surface area contributed by atoms with E-state index in [-0.39, 0.29) is 11.9 Å². The van der Waals surface area contributed by atoms with E-state index in [0.29, 0.717) is 18.7 Å². The molecule has 0 spiro atoms. The van der Waals surface area contributed by atoms with Crippen LogP contribution in [0, 0.1) is 13.8 Å². The zero-order valence-corrected chi connectivity index (χ0v) is 16.4. The highest BCUT2D eigenvalue weighted by atomic mass is 16.2. The Balaban J connectivity index is 1.73. The summed E-state index contributed by atoms with van der Waals surface area (Å²) < 4.78 is 3.83. The number of aromatic amines is 1. The summed E-state index contributed by atoms with van der Waals surface area (Å²) in [6.45, 7) is 9.28. The van der Waals surface area contributed by atoms with Crippen LogP contribution in [-0.4, -0.2) is 46.9 Å². The van der Waals surface area contributed by atoms with Crippen molar-refractivity contribution in [3.05, 3.63) is 40.6 Å². The van der Waals surface area contributed by atoms with Crippen molar-refractivity contribution < 1.29 is 4.79 Å². The van der Waals surface area contributed by atoms with E-state index in [0.717, 1.165) is 34.9 Å². The number of carbonyl (C=O) groups is 1. The quantitative estimate of drug-likeness (QED) is 0.770. The van der Waals surface area contributed by atoms with E-state index in [4.69, 9.17) is 5.10 Å². The molecule has 3 aromatic heterocycles. The second-order valence-electron chi connectivity index (χ2n) is 7.40. The van der Waals surface area contributed by atoms with Crippen molar-refractivity contribution >= 4 is 5.91 Å². The van der Waals surface area contributed by atoms with Gasteiger partial charge in [0.25, 0.3) is 5.91 Å². The topological polar surface area (TPSA) is 84.6 Å². The van der Waals surface area contributed by atoms with E-state index in [9.17, 15) is 4.79 Å². The lowest BCUT2D eigenvalue weighted by Crippen LogP contribution is -2.37. The minimum Gasteiger partial charge on any atom is -0.343 e. The molecule has 1 aliphatic heterocycles. The third kappa shape index (κ3) is 2.75. The van der Waals surface area contributed by atoms with Gasteiger partial charge in [-0.25, -0.2) is 4.98 Å². The summed E-state index contributed by atoms with van der Waals surface area (Å²) in [6, 6.07) is 0.257. The van der Waals surface area contributed by atoms with Crippen molar-refractivity contribution in [3.63, 3.8) is 0 Å². The molecule has 4 heterocycles. The highest BCUT2D eigenvalue weighted by Crippen LogP contribution is 2.31. The van der Waals surface area contributed by atoms with Crippen LogP contribution in [0.2, 0.25) is 0 Å². The van der Waals surface area contributed by atoms with Gasteiger partial charge in [-0.2, -0.15) is 10.2 Å². The van der Waals surface area contributed by atoms with Gasteiger partial charge >= 0.3 is 0 Å². The van der Waals surface area contributed by atoms with E-state index in [2.05, 4.69) is 33.6 Å². The predicted molar refractivity (Wildman–Crippen MR) is 101 cm³/mol. The number of aromatic nitrogens is 6. The number of nitrogens with one attached hydrogen (secondary N) is 1. The third-order valence-corrected chi connectivity index (χ3v) is 5.31. The summed E-state index contributed by atoms with van der Waals surface area (Å²) in [4.78, 5) is 22.7. The largest absolute Gasteiger partial charge is 0.343 e. The Labute approximate surface area is 158 Å². The number of fused-ring (bicyclic) bond motifs is 1. The molecule has 27 heavy (non-hydrogen) atoms. The molecule has 0 unspecified atom stereocenters. The summed E-state index contributed by atoms with van der Waals surface area (Å²) in [5.74, 6) is 0.778. The number of hydrogen-bond acceptors (Lipinski definition) is 4.